The number of benzene rings is 1. The molecule has 3 aliphatic rings. The van der Waals surface area contributed by atoms with Crippen LogP contribution in [-0.4, -0.2) is 12.2 Å². The fourth-order valence-corrected chi connectivity index (χ4v) is 5.49. The number of hydrogen-bond acceptors (Lipinski definition) is 3. The first kappa shape index (κ1) is 15.9. The minimum atomic E-state index is -0.234. The Kier molecular flexibility index (Phi) is 3.59. The second-order valence-electron chi connectivity index (χ2n) is 7.25. The lowest BCUT2D eigenvalue weighted by atomic mass is 9.47. The van der Waals surface area contributed by atoms with Crippen LogP contribution < -0.4 is 5.32 Å². The predicted octanol–water partition coefficient (Wildman–Crippen LogP) is 4.66. The molecule has 2 bridgehead atoms. The SMILES string of the molecule is CC1(C)[C@@H]2C=C(NC(=O)c3sc4ccccc4c3Cl)[C@@H](C=O)[C@H]1C2. The van der Waals surface area contributed by atoms with E-state index in [-0.39, 0.29) is 17.2 Å². The molecule has 1 heterocycles. The molecule has 3 atom stereocenters. The molecule has 1 saturated carbocycles. The summed E-state index contributed by atoms with van der Waals surface area (Å²) in [6.45, 7) is 4.39. The summed E-state index contributed by atoms with van der Waals surface area (Å²) in [6, 6.07) is 7.70. The lowest BCUT2D eigenvalue weighted by Gasteiger charge is -2.57. The molecule has 1 N–H and O–H groups in total. The van der Waals surface area contributed by atoms with Gasteiger partial charge in [0.15, 0.2) is 0 Å². The van der Waals surface area contributed by atoms with Crippen LogP contribution in [0.3, 0.4) is 0 Å². The fraction of sp³-hybridized carbons (Fsp3) is 0.368. The van der Waals surface area contributed by atoms with Crippen molar-refractivity contribution in [2.75, 3.05) is 0 Å². The molecule has 3 nitrogen and oxygen atoms in total. The number of allylic oxidation sites excluding steroid dienone is 2. The van der Waals surface area contributed by atoms with Crippen molar-refractivity contribution in [3.05, 3.63) is 45.9 Å². The summed E-state index contributed by atoms with van der Waals surface area (Å²) in [5.74, 6) is 0.269. The van der Waals surface area contributed by atoms with Gasteiger partial charge in [-0.2, -0.15) is 0 Å². The van der Waals surface area contributed by atoms with E-state index in [9.17, 15) is 9.59 Å². The van der Waals surface area contributed by atoms with Crippen molar-refractivity contribution in [3.8, 4) is 0 Å². The zero-order valence-electron chi connectivity index (χ0n) is 13.5. The molecule has 1 aromatic heterocycles. The lowest BCUT2D eigenvalue weighted by molar-refractivity contribution is -0.119. The second-order valence-corrected chi connectivity index (χ2v) is 8.68. The first-order chi connectivity index (χ1) is 11.4. The number of nitrogens with one attached hydrogen (secondary N) is 1. The molecule has 0 aliphatic heterocycles. The predicted molar refractivity (Wildman–Crippen MR) is 97.3 cm³/mol. The summed E-state index contributed by atoms with van der Waals surface area (Å²) >= 11 is 7.76. The van der Waals surface area contributed by atoms with Crippen LogP contribution in [0.1, 0.15) is 29.9 Å². The Morgan fingerprint density at radius 3 is 2.79 bits per heavy atom. The zero-order chi connectivity index (χ0) is 17.1. The summed E-state index contributed by atoms with van der Waals surface area (Å²) in [4.78, 5) is 24.8. The summed E-state index contributed by atoms with van der Waals surface area (Å²) in [5, 5.41) is 4.33. The van der Waals surface area contributed by atoms with Crippen molar-refractivity contribution >= 4 is 45.2 Å². The van der Waals surface area contributed by atoms with Crippen molar-refractivity contribution < 1.29 is 9.59 Å². The number of rotatable bonds is 3. The summed E-state index contributed by atoms with van der Waals surface area (Å²) in [5.41, 5.74) is 0.874. The highest BCUT2D eigenvalue weighted by Crippen LogP contribution is 2.59. The smallest absolute Gasteiger partial charge is 0.267 e. The van der Waals surface area contributed by atoms with Crippen LogP contribution in [0.2, 0.25) is 5.02 Å². The number of amides is 1. The van der Waals surface area contributed by atoms with Crippen LogP contribution in [-0.2, 0) is 4.79 Å². The Morgan fingerprint density at radius 2 is 2.12 bits per heavy atom. The fourth-order valence-electron chi connectivity index (χ4n) is 4.07. The summed E-state index contributed by atoms with van der Waals surface area (Å²) in [6.07, 6.45) is 4.07. The van der Waals surface area contributed by atoms with Crippen molar-refractivity contribution in [1.29, 1.82) is 0 Å². The molecule has 3 aliphatic carbocycles. The largest absolute Gasteiger partial charge is 0.325 e. The van der Waals surface area contributed by atoms with E-state index in [0.717, 1.165) is 28.5 Å². The molecule has 2 aromatic rings. The van der Waals surface area contributed by atoms with E-state index in [1.807, 2.05) is 24.3 Å². The highest BCUT2D eigenvalue weighted by atomic mass is 35.5. The molecule has 0 unspecified atom stereocenters. The lowest BCUT2D eigenvalue weighted by Crippen LogP contribution is -2.54. The minimum Gasteiger partial charge on any atom is -0.325 e. The van der Waals surface area contributed by atoms with Gasteiger partial charge in [0.1, 0.15) is 11.2 Å². The average molecular weight is 360 g/mol. The molecule has 0 spiro atoms. The van der Waals surface area contributed by atoms with Crippen LogP contribution in [0.5, 0.6) is 0 Å². The van der Waals surface area contributed by atoms with Crippen molar-refractivity contribution in [3.63, 3.8) is 0 Å². The van der Waals surface area contributed by atoms with Crippen LogP contribution >= 0.6 is 22.9 Å². The van der Waals surface area contributed by atoms with Crippen molar-refractivity contribution in [2.45, 2.75) is 20.3 Å². The van der Waals surface area contributed by atoms with Gasteiger partial charge in [-0.1, -0.05) is 49.7 Å². The normalized spacial score (nSPS) is 27.3. The van der Waals surface area contributed by atoms with Gasteiger partial charge < -0.3 is 10.1 Å². The van der Waals surface area contributed by atoms with E-state index < -0.39 is 0 Å². The van der Waals surface area contributed by atoms with E-state index in [4.69, 9.17) is 11.6 Å². The third-order valence-electron chi connectivity index (χ3n) is 5.74. The number of thiophene rings is 1. The number of carbonyl (C=O) groups excluding carboxylic acids is 2. The maximum Gasteiger partial charge on any atom is 0.267 e. The summed E-state index contributed by atoms with van der Waals surface area (Å²) < 4.78 is 0.987. The molecule has 124 valence electrons. The molecule has 24 heavy (non-hydrogen) atoms. The quantitative estimate of drug-likeness (QED) is 0.810. The Morgan fingerprint density at radius 1 is 1.38 bits per heavy atom. The molecule has 1 aromatic carbocycles. The van der Waals surface area contributed by atoms with E-state index in [1.165, 1.54) is 11.3 Å². The van der Waals surface area contributed by atoms with Crippen LogP contribution in [0.15, 0.2) is 36.0 Å². The molecule has 1 amide bonds. The molecular weight excluding hydrogens is 342 g/mol. The number of hydrogen-bond donors (Lipinski definition) is 1. The molecular formula is C19H18ClNO2S. The first-order valence-corrected chi connectivity index (χ1v) is 9.28. The molecule has 5 rings (SSSR count). The first-order valence-electron chi connectivity index (χ1n) is 8.09. The van der Waals surface area contributed by atoms with Gasteiger partial charge in [-0.3, -0.25) is 4.79 Å². The standard InChI is InChI=1S/C19H18ClNO2S/c1-19(2)10-7-13(19)12(9-22)14(8-10)21-18(23)17-16(20)11-5-3-4-6-15(11)24-17/h3-6,8-10,12-13H,7H2,1-2H3,(H,21,23)/t10-,12-,13+/m0/s1. The van der Waals surface area contributed by atoms with Crippen LogP contribution in [0.25, 0.3) is 10.1 Å². The van der Waals surface area contributed by atoms with Crippen molar-refractivity contribution in [1.82, 2.24) is 5.32 Å². The molecule has 0 saturated heterocycles. The third-order valence-corrected chi connectivity index (χ3v) is 7.41. The number of aldehydes is 1. The minimum absolute atomic E-state index is 0.134. The Balaban J connectivity index is 1.64. The number of fused-ring (bicyclic) bond motifs is 2. The maximum absolute atomic E-state index is 12.7. The topological polar surface area (TPSA) is 46.2 Å². The number of carbonyl (C=O) groups is 2. The zero-order valence-corrected chi connectivity index (χ0v) is 15.1. The maximum atomic E-state index is 12.7. The van der Waals surface area contributed by atoms with Crippen LogP contribution in [0.4, 0.5) is 0 Å². The van der Waals surface area contributed by atoms with Gasteiger partial charge in [0.2, 0.25) is 0 Å². The van der Waals surface area contributed by atoms with E-state index in [0.29, 0.717) is 21.7 Å². The highest BCUT2D eigenvalue weighted by Gasteiger charge is 2.54. The molecule has 5 heteroatoms. The van der Waals surface area contributed by atoms with E-state index >= 15 is 0 Å². The highest BCUT2D eigenvalue weighted by molar-refractivity contribution is 7.21. The van der Waals surface area contributed by atoms with E-state index in [2.05, 4.69) is 25.2 Å². The molecule has 0 radical (unpaired) electrons. The van der Waals surface area contributed by atoms with Gasteiger partial charge in [-0.25, -0.2) is 0 Å². The van der Waals surface area contributed by atoms with Crippen molar-refractivity contribution in [2.24, 2.45) is 23.2 Å². The van der Waals surface area contributed by atoms with Gasteiger partial charge in [0.25, 0.3) is 5.91 Å². The van der Waals surface area contributed by atoms with Gasteiger partial charge >= 0.3 is 0 Å². The van der Waals surface area contributed by atoms with E-state index in [1.54, 1.807) is 0 Å². The Hall–Kier alpha value is -1.65. The number of halogens is 1. The second kappa shape index (κ2) is 5.43. The van der Waals surface area contributed by atoms with Gasteiger partial charge in [-0.05, 0) is 29.7 Å². The Labute approximate surface area is 149 Å². The Bertz CT molecular complexity index is 883. The summed E-state index contributed by atoms with van der Waals surface area (Å²) in [7, 11) is 0. The third kappa shape index (κ3) is 2.16. The van der Waals surface area contributed by atoms with Gasteiger partial charge in [-0.15, -0.1) is 11.3 Å². The molecule has 1 fully saturated rings. The van der Waals surface area contributed by atoms with Gasteiger partial charge in [0, 0.05) is 15.8 Å². The average Bonchev–Trinajstić information content (AvgIpc) is 2.92. The monoisotopic (exact) mass is 359 g/mol. The van der Waals surface area contributed by atoms with Gasteiger partial charge in [0.05, 0.1) is 10.9 Å². The van der Waals surface area contributed by atoms with Crippen LogP contribution in [0, 0.1) is 23.2 Å².